The number of hydrogen-bond acceptors (Lipinski definition) is 4. The fourth-order valence-corrected chi connectivity index (χ4v) is 4.69. The third kappa shape index (κ3) is 5.03. The first-order valence-electron chi connectivity index (χ1n) is 10.9. The Morgan fingerprint density at radius 2 is 1.44 bits per heavy atom. The molecule has 2 aromatic carbocycles. The molecule has 0 unspecified atom stereocenters. The summed E-state index contributed by atoms with van der Waals surface area (Å²) in [6.45, 7) is 3.74. The largest absolute Gasteiger partial charge is 0.381 e. The van der Waals surface area contributed by atoms with Gasteiger partial charge in [-0.2, -0.15) is 0 Å². The van der Waals surface area contributed by atoms with Crippen LogP contribution in [0.4, 0.5) is 5.69 Å². The van der Waals surface area contributed by atoms with Crippen molar-refractivity contribution in [3.63, 3.8) is 0 Å². The van der Waals surface area contributed by atoms with E-state index >= 15 is 0 Å². The van der Waals surface area contributed by atoms with Crippen LogP contribution in [0.1, 0.15) is 18.4 Å². The fraction of sp³-hybridized carbons (Fsp3) is 0.417. The van der Waals surface area contributed by atoms with Crippen molar-refractivity contribution < 1.29 is 14.3 Å². The van der Waals surface area contributed by atoms with Gasteiger partial charge >= 0.3 is 0 Å². The normalized spacial score (nSPS) is 18.3. The molecule has 0 saturated carbocycles. The maximum Gasteiger partial charge on any atom is 0.242 e. The number of nitrogens with one attached hydrogen (secondary N) is 1. The molecule has 2 aromatic rings. The van der Waals surface area contributed by atoms with Crippen LogP contribution in [0.2, 0.25) is 10.0 Å². The second kappa shape index (κ2) is 10.1. The summed E-state index contributed by atoms with van der Waals surface area (Å²) in [7, 11) is 0. The summed E-state index contributed by atoms with van der Waals surface area (Å²) >= 11 is 12.0. The van der Waals surface area contributed by atoms with Crippen LogP contribution in [-0.4, -0.2) is 62.7 Å². The number of nitrogens with zero attached hydrogens (tertiary/aromatic N) is 2. The minimum Gasteiger partial charge on any atom is -0.381 e. The van der Waals surface area contributed by atoms with Crippen LogP contribution in [-0.2, 0) is 19.7 Å². The van der Waals surface area contributed by atoms with Gasteiger partial charge in [0, 0.05) is 55.1 Å². The molecule has 0 aromatic heterocycles. The number of carbonyl (C=O) groups is 2. The van der Waals surface area contributed by atoms with Gasteiger partial charge in [0.05, 0.1) is 12.0 Å². The minimum atomic E-state index is -0.698. The Balaban J connectivity index is 1.34. The highest BCUT2D eigenvalue weighted by Gasteiger charge is 2.41. The Morgan fingerprint density at radius 3 is 2.03 bits per heavy atom. The highest BCUT2D eigenvalue weighted by molar-refractivity contribution is 6.30. The molecular formula is C24H27Cl2N3O3. The number of piperazine rings is 1. The van der Waals surface area contributed by atoms with Crippen molar-refractivity contribution in [3.8, 4) is 0 Å². The molecule has 2 aliphatic rings. The Hall–Kier alpha value is -2.28. The van der Waals surface area contributed by atoms with Crippen molar-refractivity contribution in [2.75, 3.05) is 50.8 Å². The van der Waals surface area contributed by atoms with Crippen LogP contribution in [0.3, 0.4) is 0 Å². The van der Waals surface area contributed by atoms with E-state index in [9.17, 15) is 9.59 Å². The summed E-state index contributed by atoms with van der Waals surface area (Å²) in [5, 5.41) is 4.24. The first kappa shape index (κ1) is 22.9. The van der Waals surface area contributed by atoms with Gasteiger partial charge < -0.3 is 19.9 Å². The zero-order valence-corrected chi connectivity index (χ0v) is 19.4. The van der Waals surface area contributed by atoms with Gasteiger partial charge in [0.1, 0.15) is 0 Å². The Kier molecular flexibility index (Phi) is 7.23. The molecule has 0 bridgehead atoms. The standard InChI is InChI=1S/C24H27Cl2N3O3/c25-19-3-1-18(2-4-19)24(9-15-32-16-10-24)23(31)27-17-22(30)29-13-11-28(12-14-29)21-7-5-20(26)6-8-21/h1-8H,9-17H2,(H,27,31). The van der Waals surface area contributed by atoms with E-state index in [1.54, 1.807) is 12.1 Å². The molecule has 0 atom stereocenters. The van der Waals surface area contributed by atoms with Gasteiger partial charge in [0.2, 0.25) is 11.8 Å². The molecule has 170 valence electrons. The van der Waals surface area contributed by atoms with Crippen molar-refractivity contribution in [3.05, 3.63) is 64.1 Å². The molecule has 0 radical (unpaired) electrons. The maximum absolute atomic E-state index is 13.3. The zero-order valence-electron chi connectivity index (χ0n) is 17.9. The summed E-state index contributed by atoms with van der Waals surface area (Å²) in [4.78, 5) is 30.1. The average Bonchev–Trinajstić information content (AvgIpc) is 2.84. The molecule has 2 fully saturated rings. The van der Waals surface area contributed by atoms with E-state index in [-0.39, 0.29) is 18.4 Å². The number of amides is 2. The van der Waals surface area contributed by atoms with Gasteiger partial charge in [-0.25, -0.2) is 0 Å². The van der Waals surface area contributed by atoms with Crippen LogP contribution >= 0.6 is 23.2 Å². The number of benzene rings is 2. The molecular weight excluding hydrogens is 449 g/mol. The maximum atomic E-state index is 13.3. The third-order valence-corrected chi connectivity index (χ3v) is 6.91. The molecule has 0 spiro atoms. The lowest BCUT2D eigenvalue weighted by atomic mass is 9.73. The summed E-state index contributed by atoms with van der Waals surface area (Å²) in [6.07, 6.45) is 1.16. The van der Waals surface area contributed by atoms with E-state index in [1.807, 2.05) is 41.3 Å². The second-order valence-corrected chi connectivity index (χ2v) is 9.10. The molecule has 32 heavy (non-hydrogen) atoms. The Bertz CT molecular complexity index is 936. The van der Waals surface area contributed by atoms with Crippen LogP contribution < -0.4 is 10.2 Å². The lowest BCUT2D eigenvalue weighted by molar-refractivity contribution is -0.136. The number of ether oxygens (including phenoxy) is 1. The number of rotatable bonds is 5. The molecule has 6 nitrogen and oxygen atoms in total. The predicted molar refractivity (Wildman–Crippen MR) is 126 cm³/mol. The molecule has 8 heteroatoms. The minimum absolute atomic E-state index is 0.00399. The van der Waals surface area contributed by atoms with E-state index in [0.717, 1.165) is 24.3 Å². The van der Waals surface area contributed by atoms with Crippen LogP contribution in [0, 0.1) is 0 Å². The summed E-state index contributed by atoms with van der Waals surface area (Å²) in [6, 6.07) is 15.1. The lowest BCUT2D eigenvalue weighted by Gasteiger charge is -2.37. The van der Waals surface area contributed by atoms with E-state index in [0.29, 0.717) is 49.2 Å². The van der Waals surface area contributed by atoms with Gasteiger partial charge in [0.25, 0.3) is 0 Å². The van der Waals surface area contributed by atoms with Gasteiger partial charge in [-0.15, -0.1) is 0 Å². The van der Waals surface area contributed by atoms with Crippen molar-refractivity contribution >= 4 is 40.7 Å². The smallest absolute Gasteiger partial charge is 0.242 e. The summed E-state index contributed by atoms with van der Waals surface area (Å²) in [5.41, 5.74) is 1.31. The summed E-state index contributed by atoms with van der Waals surface area (Å²) in [5.74, 6) is -0.191. The van der Waals surface area contributed by atoms with Crippen LogP contribution in [0.15, 0.2) is 48.5 Å². The Morgan fingerprint density at radius 1 is 0.875 bits per heavy atom. The quantitative estimate of drug-likeness (QED) is 0.718. The molecule has 2 heterocycles. The average molecular weight is 476 g/mol. The summed E-state index contributed by atoms with van der Waals surface area (Å²) < 4.78 is 5.50. The highest BCUT2D eigenvalue weighted by Crippen LogP contribution is 2.35. The van der Waals surface area contributed by atoms with Crippen molar-refractivity contribution in [2.45, 2.75) is 18.3 Å². The predicted octanol–water partition coefficient (Wildman–Crippen LogP) is 3.51. The zero-order chi connectivity index (χ0) is 22.6. The van der Waals surface area contributed by atoms with Crippen molar-refractivity contribution in [1.82, 2.24) is 10.2 Å². The fourth-order valence-electron chi connectivity index (χ4n) is 4.44. The van der Waals surface area contributed by atoms with Crippen molar-refractivity contribution in [1.29, 1.82) is 0 Å². The third-order valence-electron chi connectivity index (χ3n) is 6.40. The first-order chi connectivity index (χ1) is 15.5. The monoisotopic (exact) mass is 475 g/mol. The Labute approximate surface area is 198 Å². The first-order valence-corrected chi connectivity index (χ1v) is 11.6. The molecule has 2 amide bonds. The van der Waals surface area contributed by atoms with E-state index < -0.39 is 5.41 Å². The molecule has 4 rings (SSSR count). The molecule has 2 aliphatic heterocycles. The van der Waals surface area contributed by atoms with Crippen LogP contribution in [0.5, 0.6) is 0 Å². The molecule has 2 saturated heterocycles. The second-order valence-electron chi connectivity index (χ2n) is 8.23. The highest BCUT2D eigenvalue weighted by atomic mass is 35.5. The van der Waals surface area contributed by atoms with E-state index in [2.05, 4.69) is 10.2 Å². The lowest BCUT2D eigenvalue weighted by Crippen LogP contribution is -2.53. The number of anilines is 1. The van der Waals surface area contributed by atoms with Gasteiger partial charge in [0.15, 0.2) is 0 Å². The molecule has 1 N–H and O–H groups in total. The SMILES string of the molecule is O=C(CNC(=O)C1(c2ccc(Cl)cc2)CCOCC1)N1CCN(c2ccc(Cl)cc2)CC1. The molecule has 0 aliphatic carbocycles. The van der Waals surface area contributed by atoms with Gasteiger partial charge in [-0.05, 0) is 54.8 Å². The van der Waals surface area contributed by atoms with Gasteiger partial charge in [-0.3, -0.25) is 9.59 Å². The number of hydrogen-bond donors (Lipinski definition) is 1. The van der Waals surface area contributed by atoms with E-state index in [1.165, 1.54) is 0 Å². The van der Waals surface area contributed by atoms with Gasteiger partial charge in [-0.1, -0.05) is 35.3 Å². The van der Waals surface area contributed by atoms with Crippen molar-refractivity contribution in [2.24, 2.45) is 0 Å². The number of carbonyl (C=O) groups excluding carboxylic acids is 2. The van der Waals surface area contributed by atoms with Crippen LogP contribution in [0.25, 0.3) is 0 Å². The van der Waals surface area contributed by atoms with E-state index in [4.69, 9.17) is 27.9 Å². The topological polar surface area (TPSA) is 61.9 Å². The number of halogens is 2.